The highest BCUT2D eigenvalue weighted by atomic mass is 35.5. The number of aliphatic carboxylic acids is 1. The Morgan fingerprint density at radius 3 is 2.57 bits per heavy atom. The van der Waals surface area contributed by atoms with Crippen LogP contribution in [0.4, 0.5) is 5.13 Å². The van der Waals surface area contributed by atoms with Gasteiger partial charge in [0.1, 0.15) is 0 Å². The minimum atomic E-state index is -0.942. The average Bonchev–Trinajstić information content (AvgIpc) is 2.81. The third-order valence-electron chi connectivity index (χ3n) is 2.69. The van der Waals surface area contributed by atoms with E-state index in [9.17, 15) is 9.59 Å². The molecule has 5 nitrogen and oxygen atoms in total. The highest BCUT2D eigenvalue weighted by molar-refractivity contribution is 7.16. The van der Waals surface area contributed by atoms with Crippen LogP contribution in [0.25, 0.3) is 11.3 Å². The number of carbonyl (C=O) groups excluding carboxylic acids is 1. The number of halogens is 1. The second kappa shape index (κ2) is 6.69. The summed E-state index contributed by atoms with van der Waals surface area (Å²) in [5.41, 5.74) is 1.33. The van der Waals surface area contributed by atoms with Crippen LogP contribution in [-0.4, -0.2) is 22.0 Å². The number of thiazole rings is 1. The Hall–Kier alpha value is -1.92. The van der Waals surface area contributed by atoms with Crippen molar-refractivity contribution in [3.05, 3.63) is 34.2 Å². The Kier molecular flexibility index (Phi) is 4.93. The summed E-state index contributed by atoms with van der Waals surface area (Å²) in [4.78, 5) is 27.3. The van der Waals surface area contributed by atoms with E-state index in [-0.39, 0.29) is 12.3 Å². The topological polar surface area (TPSA) is 79.3 Å². The molecule has 7 heteroatoms. The number of nitrogens with zero attached hydrogens (tertiary/aromatic N) is 1. The van der Waals surface area contributed by atoms with E-state index in [4.69, 9.17) is 16.7 Å². The molecule has 2 aromatic rings. The van der Waals surface area contributed by atoms with Gasteiger partial charge in [0.05, 0.1) is 12.1 Å². The lowest BCUT2D eigenvalue weighted by atomic mass is 10.1. The number of benzene rings is 1. The molecule has 2 rings (SSSR count). The molecule has 0 aliphatic heterocycles. The van der Waals surface area contributed by atoms with Crippen molar-refractivity contribution >= 4 is 39.9 Å². The molecule has 110 valence electrons. The number of nitrogens with one attached hydrogen (secondary N) is 1. The fourth-order valence-electron chi connectivity index (χ4n) is 1.70. The molecule has 0 bridgehead atoms. The number of anilines is 1. The van der Waals surface area contributed by atoms with Crippen LogP contribution in [0.3, 0.4) is 0 Å². The van der Waals surface area contributed by atoms with Crippen molar-refractivity contribution in [3.8, 4) is 11.3 Å². The van der Waals surface area contributed by atoms with Gasteiger partial charge in [0, 0.05) is 21.9 Å². The molecule has 1 aromatic heterocycles. The van der Waals surface area contributed by atoms with Gasteiger partial charge in [0.25, 0.3) is 0 Å². The number of carboxylic acid groups (broad SMARTS) is 1. The van der Waals surface area contributed by atoms with Crippen molar-refractivity contribution < 1.29 is 14.7 Å². The largest absolute Gasteiger partial charge is 0.481 e. The molecule has 0 spiro atoms. The van der Waals surface area contributed by atoms with Crippen LogP contribution in [0, 0.1) is 0 Å². The van der Waals surface area contributed by atoms with E-state index in [0.717, 1.165) is 5.56 Å². The number of amides is 1. The Morgan fingerprint density at radius 2 is 2.00 bits per heavy atom. The Balaban J connectivity index is 2.39. The molecule has 0 aliphatic rings. The molecule has 0 unspecified atom stereocenters. The third-order valence-corrected chi connectivity index (χ3v) is 3.92. The number of carboxylic acids is 1. The van der Waals surface area contributed by atoms with Crippen molar-refractivity contribution in [3.63, 3.8) is 0 Å². The first-order valence-corrected chi connectivity index (χ1v) is 7.46. The average molecular weight is 325 g/mol. The maximum absolute atomic E-state index is 11.4. The highest BCUT2D eigenvalue weighted by Crippen LogP contribution is 2.32. The Labute approximate surface area is 130 Å². The first-order valence-electron chi connectivity index (χ1n) is 6.27. The molecule has 0 aliphatic carbocycles. The van der Waals surface area contributed by atoms with Gasteiger partial charge in [-0.15, -0.1) is 11.3 Å². The predicted molar refractivity (Wildman–Crippen MR) is 82.8 cm³/mol. The van der Waals surface area contributed by atoms with Gasteiger partial charge in [-0.2, -0.15) is 0 Å². The summed E-state index contributed by atoms with van der Waals surface area (Å²) in [6.07, 6.45) is 0.196. The zero-order valence-electron chi connectivity index (χ0n) is 11.2. The first kappa shape index (κ1) is 15.5. The first-order chi connectivity index (χ1) is 9.99. The normalized spacial score (nSPS) is 10.4. The van der Waals surface area contributed by atoms with Crippen molar-refractivity contribution in [2.45, 2.75) is 19.8 Å². The number of rotatable bonds is 5. The number of hydrogen-bond donors (Lipinski definition) is 2. The van der Waals surface area contributed by atoms with Gasteiger partial charge in [-0.1, -0.05) is 30.7 Å². The molecule has 1 heterocycles. The highest BCUT2D eigenvalue weighted by Gasteiger charge is 2.16. The number of carbonyl (C=O) groups is 2. The molecule has 0 saturated heterocycles. The fraction of sp³-hybridized carbons (Fsp3) is 0.214. The second-order valence-corrected chi connectivity index (χ2v) is 5.79. The summed E-state index contributed by atoms with van der Waals surface area (Å²) in [6, 6.07) is 6.97. The van der Waals surface area contributed by atoms with E-state index < -0.39 is 5.97 Å². The van der Waals surface area contributed by atoms with Gasteiger partial charge >= 0.3 is 5.97 Å². The summed E-state index contributed by atoms with van der Waals surface area (Å²) in [6.45, 7) is 1.74. The smallest absolute Gasteiger partial charge is 0.308 e. The summed E-state index contributed by atoms with van der Waals surface area (Å²) < 4.78 is 0. The van der Waals surface area contributed by atoms with Crippen LogP contribution in [-0.2, 0) is 16.0 Å². The molecular weight excluding hydrogens is 312 g/mol. The lowest BCUT2D eigenvalue weighted by Gasteiger charge is -2.00. The molecule has 2 N–H and O–H groups in total. The molecule has 21 heavy (non-hydrogen) atoms. The fourth-order valence-corrected chi connectivity index (χ4v) is 2.82. The van der Waals surface area contributed by atoms with Crippen LogP contribution in [0.15, 0.2) is 24.3 Å². The van der Waals surface area contributed by atoms with Crippen molar-refractivity contribution in [1.82, 2.24) is 4.98 Å². The van der Waals surface area contributed by atoms with Gasteiger partial charge in [0.15, 0.2) is 5.13 Å². The third kappa shape index (κ3) is 4.03. The van der Waals surface area contributed by atoms with Crippen LogP contribution in [0.1, 0.15) is 18.2 Å². The van der Waals surface area contributed by atoms with Gasteiger partial charge in [-0.3, -0.25) is 9.59 Å². The van der Waals surface area contributed by atoms with Crippen LogP contribution >= 0.6 is 22.9 Å². The van der Waals surface area contributed by atoms with Gasteiger partial charge in [-0.25, -0.2) is 4.98 Å². The standard InChI is InChI=1S/C14H13ClN2O3S/c1-2-11(18)16-14-17-13(10(21-14)7-12(19)20)8-3-5-9(15)6-4-8/h3-6H,2,7H2,1H3,(H,19,20)(H,16,17,18). The van der Waals surface area contributed by atoms with Gasteiger partial charge < -0.3 is 10.4 Å². The van der Waals surface area contributed by atoms with Crippen LogP contribution in [0.2, 0.25) is 5.02 Å². The minimum Gasteiger partial charge on any atom is -0.481 e. The monoisotopic (exact) mass is 324 g/mol. The molecule has 0 radical (unpaired) electrons. The zero-order chi connectivity index (χ0) is 15.4. The molecule has 0 saturated carbocycles. The summed E-state index contributed by atoms with van der Waals surface area (Å²) in [5, 5.41) is 12.6. The Bertz CT molecular complexity index is 667. The summed E-state index contributed by atoms with van der Waals surface area (Å²) in [7, 11) is 0. The van der Waals surface area contributed by atoms with Crippen molar-refractivity contribution in [2.75, 3.05) is 5.32 Å². The second-order valence-electron chi connectivity index (χ2n) is 4.27. The lowest BCUT2D eigenvalue weighted by molar-refractivity contribution is -0.136. The van der Waals surface area contributed by atoms with E-state index >= 15 is 0 Å². The molecule has 0 fully saturated rings. The number of aromatic nitrogens is 1. The zero-order valence-corrected chi connectivity index (χ0v) is 12.8. The maximum atomic E-state index is 11.4. The van der Waals surface area contributed by atoms with Gasteiger partial charge in [-0.05, 0) is 12.1 Å². The van der Waals surface area contributed by atoms with Crippen LogP contribution in [0.5, 0.6) is 0 Å². The number of hydrogen-bond acceptors (Lipinski definition) is 4. The van der Waals surface area contributed by atoms with E-state index in [1.807, 2.05) is 0 Å². The SMILES string of the molecule is CCC(=O)Nc1nc(-c2ccc(Cl)cc2)c(CC(=O)O)s1. The summed E-state index contributed by atoms with van der Waals surface area (Å²) in [5.74, 6) is -1.10. The quantitative estimate of drug-likeness (QED) is 0.883. The minimum absolute atomic E-state index is 0.141. The predicted octanol–water partition coefficient (Wildman–Crippen LogP) is 3.44. The maximum Gasteiger partial charge on any atom is 0.308 e. The lowest BCUT2D eigenvalue weighted by Crippen LogP contribution is -2.08. The van der Waals surface area contributed by atoms with E-state index in [1.165, 1.54) is 11.3 Å². The molecule has 0 atom stereocenters. The summed E-state index contributed by atoms with van der Waals surface area (Å²) >= 11 is 7.02. The molecular formula is C14H13ClN2O3S. The van der Waals surface area contributed by atoms with E-state index in [2.05, 4.69) is 10.3 Å². The van der Waals surface area contributed by atoms with Crippen molar-refractivity contribution in [1.29, 1.82) is 0 Å². The van der Waals surface area contributed by atoms with Gasteiger partial charge in [0.2, 0.25) is 5.91 Å². The Morgan fingerprint density at radius 1 is 1.33 bits per heavy atom. The molecule has 1 amide bonds. The van der Waals surface area contributed by atoms with E-state index in [1.54, 1.807) is 31.2 Å². The van der Waals surface area contributed by atoms with Crippen molar-refractivity contribution in [2.24, 2.45) is 0 Å². The molecule has 1 aromatic carbocycles. The van der Waals surface area contributed by atoms with Crippen LogP contribution < -0.4 is 5.32 Å². The van der Waals surface area contributed by atoms with E-state index in [0.29, 0.717) is 27.1 Å².